The molecule has 0 spiro atoms. The molecule has 102 valence electrons. The van der Waals surface area contributed by atoms with Crippen LogP contribution in [-0.4, -0.2) is 27.9 Å². The number of fused-ring (bicyclic) bond motifs is 1. The summed E-state index contributed by atoms with van der Waals surface area (Å²) in [5, 5.41) is 5.06. The quantitative estimate of drug-likeness (QED) is 0.757. The highest BCUT2D eigenvalue weighted by molar-refractivity contribution is 7.89. The fourth-order valence-corrected chi connectivity index (χ4v) is 2.43. The summed E-state index contributed by atoms with van der Waals surface area (Å²) >= 11 is 0. The van der Waals surface area contributed by atoms with Gasteiger partial charge < -0.3 is 4.57 Å². The van der Waals surface area contributed by atoms with Gasteiger partial charge in [0.2, 0.25) is 10.0 Å². The third kappa shape index (κ3) is 2.38. The number of hydrogen-bond acceptors (Lipinski definition) is 5. The molecule has 0 atom stereocenters. The summed E-state index contributed by atoms with van der Waals surface area (Å²) < 4.78 is 24.2. The summed E-state index contributed by atoms with van der Waals surface area (Å²) in [7, 11) is -3.66. The van der Waals surface area contributed by atoms with E-state index in [1.807, 2.05) is 4.57 Å². The second kappa shape index (κ2) is 4.66. The van der Waals surface area contributed by atoms with Crippen LogP contribution in [0.25, 0.3) is 11.2 Å². The Morgan fingerprint density at radius 2 is 1.90 bits per heavy atom. The summed E-state index contributed by atoms with van der Waals surface area (Å²) in [6.45, 7) is 0.540. The number of rotatable bonds is 3. The van der Waals surface area contributed by atoms with Gasteiger partial charge in [-0.3, -0.25) is 0 Å². The van der Waals surface area contributed by atoms with Crippen LogP contribution in [0.4, 0.5) is 0 Å². The fraction of sp³-hybridized carbons (Fsp3) is 0.0833. The lowest BCUT2D eigenvalue weighted by atomic mass is 10.2. The van der Waals surface area contributed by atoms with Crippen LogP contribution in [0.15, 0.2) is 48.0 Å². The van der Waals surface area contributed by atoms with E-state index in [-0.39, 0.29) is 4.90 Å². The topological polar surface area (TPSA) is 104 Å². The molecule has 0 bridgehead atoms. The Labute approximate surface area is 115 Å². The van der Waals surface area contributed by atoms with Gasteiger partial charge in [-0.05, 0) is 17.7 Å². The molecule has 2 heterocycles. The molecule has 0 saturated carbocycles. The third-order valence-corrected chi connectivity index (χ3v) is 3.81. The largest absolute Gasteiger partial charge is 0.311 e. The van der Waals surface area contributed by atoms with Crippen molar-refractivity contribution in [3.8, 4) is 0 Å². The lowest BCUT2D eigenvalue weighted by molar-refractivity contribution is 0.597. The maximum absolute atomic E-state index is 11.2. The molecule has 2 N–H and O–H groups in total. The second-order valence-corrected chi connectivity index (χ2v) is 5.85. The minimum atomic E-state index is -3.66. The Hall–Kier alpha value is -2.32. The standard InChI is InChI=1S/C12H11N5O2S/c13-20(18,19)10-3-1-9(2-4-10)6-17-8-16-11-5-14-7-15-12(11)17/h1-5,7-8H,6H2,(H2,13,18,19). The predicted molar refractivity (Wildman–Crippen MR) is 72.2 cm³/mol. The highest BCUT2D eigenvalue weighted by atomic mass is 32.2. The molecule has 0 unspecified atom stereocenters. The maximum Gasteiger partial charge on any atom is 0.238 e. The van der Waals surface area contributed by atoms with E-state index in [0.717, 1.165) is 11.2 Å². The van der Waals surface area contributed by atoms with Gasteiger partial charge in [0.15, 0.2) is 5.65 Å². The van der Waals surface area contributed by atoms with Crippen molar-refractivity contribution in [2.75, 3.05) is 0 Å². The van der Waals surface area contributed by atoms with Crippen LogP contribution >= 0.6 is 0 Å². The first-order chi connectivity index (χ1) is 9.54. The van der Waals surface area contributed by atoms with Crippen molar-refractivity contribution in [3.63, 3.8) is 0 Å². The molecule has 1 aromatic carbocycles. The third-order valence-electron chi connectivity index (χ3n) is 2.89. The zero-order valence-electron chi connectivity index (χ0n) is 10.3. The van der Waals surface area contributed by atoms with E-state index in [9.17, 15) is 8.42 Å². The first-order valence-corrected chi connectivity index (χ1v) is 7.31. The lowest BCUT2D eigenvalue weighted by Gasteiger charge is -2.04. The normalized spacial score (nSPS) is 11.8. The Bertz CT molecular complexity index is 855. The zero-order valence-corrected chi connectivity index (χ0v) is 11.2. The number of primary sulfonamides is 1. The minimum Gasteiger partial charge on any atom is -0.311 e. The van der Waals surface area contributed by atoms with E-state index in [4.69, 9.17) is 5.14 Å². The van der Waals surface area contributed by atoms with Crippen molar-refractivity contribution in [3.05, 3.63) is 48.7 Å². The van der Waals surface area contributed by atoms with Crippen molar-refractivity contribution >= 4 is 21.2 Å². The van der Waals surface area contributed by atoms with E-state index in [0.29, 0.717) is 12.1 Å². The summed E-state index contributed by atoms with van der Waals surface area (Å²) in [6.07, 6.45) is 4.78. The minimum absolute atomic E-state index is 0.0964. The molecule has 0 saturated heterocycles. The molecule has 7 nitrogen and oxygen atoms in total. The van der Waals surface area contributed by atoms with E-state index in [1.165, 1.54) is 18.5 Å². The van der Waals surface area contributed by atoms with Crippen LogP contribution in [0.2, 0.25) is 0 Å². The summed E-state index contributed by atoms with van der Waals surface area (Å²) in [5.74, 6) is 0. The van der Waals surface area contributed by atoms with E-state index < -0.39 is 10.0 Å². The number of nitrogens with two attached hydrogens (primary N) is 1. The van der Waals surface area contributed by atoms with Crippen LogP contribution in [-0.2, 0) is 16.6 Å². The Morgan fingerprint density at radius 3 is 2.60 bits per heavy atom. The van der Waals surface area contributed by atoms with E-state index >= 15 is 0 Å². The molecule has 2 aromatic heterocycles. The number of imidazole rings is 1. The predicted octanol–water partition coefficient (Wildman–Crippen LogP) is 0.522. The van der Waals surface area contributed by atoms with Gasteiger partial charge in [-0.15, -0.1) is 0 Å². The smallest absolute Gasteiger partial charge is 0.238 e. The van der Waals surface area contributed by atoms with Gasteiger partial charge in [0.25, 0.3) is 0 Å². The van der Waals surface area contributed by atoms with Crippen LogP contribution in [0.3, 0.4) is 0 Å². The van der Waals surface area contributed by atoms with E-state index in [1.54, 1.807) is 24.7 Å². The first-order valence-electron chi connectivity index (χ1n) is 5.76. The molecular formula is C12H11N5O2S. The Kier molecular flexibility index (Phi) is 2.96. The molecular weight excluding hydrogens is 278 g/mol. The molecule has 0 aliphatic carbocycles. The van der Waals surface area contributed by atoms with Crippen LogP contribution in [0, 0.1) is 0 Å². The number of benzene rings is 1. The molecule has 8 heteroatoms. The van der Waals surface area contributed by atoms with Crippen molar-refractivity contribution in [2.45, 2.75) is 11.4 Å². The van der Waals surface area contributed by atoms with Crippen LogP contribution < -0.4 is 5.14 Å². The molecule has 0 amide bonds. The molecule has 0 aliphatic heterocycles. The average molecular weight is 289 g/mol. The second-order valence-electron chi connectivity index (χ2n) is 4.29. The number of nitrogens with zero attached hydrogens (tertiary/aromatic N) is 4. The van der Waals surface area contributed by atoms with E-state index in [2.05, 4.69) is 15.0 Å². The fourth-order valence-electron chi connectivity index (χ4n) is 1.91. The first kappa shape index (κ1) is 12.7. The lowest BCUT2D eigenvalue weighted by Crippen LogP contribution is -2.12. The van der Waals surface area contributed by atoms with Gasteiger partial charge in [0.05, 0.1) is 24.0 Å². The number of sulfonamides is 1. The van der Waals surface area contributed by atoms with Gasteiger partial charge in [-0.1, -0.05) is 12.1 Å². The Morgan fingerprint density at radius 1 is 1.15 bits per heavy atom. The van der Waals surface area contributed by atoms with Gasteiger partial charge in [0, 0.05) is 0 Å². The van der Waals surface area contributed by atoms with Gasteiger partial charge in [0.1, 0.15) is 11.8 Å². The van der Waals surface area contributed by atoms with Gasteiger partial charge in [-0.25, -0.2) is 28.5 Å². The summed E-state index contributed by atoms with van der Waals surface area (Å²) in [6, 6.07) is 6.40. The summed E-state index contributed by atoms with van der Waals surface area (Å²) in [5.41, 5.74) is 2.37. The molecule has 3 rings (SSSR count). The molecule has 0 radical (unpaired) electrons. The highest BCUT2D eigenvalue weighted by Gasteiger charge is 2.08. The number of hydrogen-bond donors (Lipinski definition) is 1. The van der Waals surface area contributed by atoms with Gasteiger partial charge in [-0.2, -0.15) is 0 Å². The molecule has 3 aromatic rings. The van der Waals surface area contributed by atoms with Crippen molar-refractivity contribution in [1.82, 2.24) is 19.5 Å². The SMILES string of the molecule is NS(=O)(=O)c1ccc(Cn2cnc3cncnc32)cc1. The van der Waals surface area contributed by atoms with Crippen molar-refractivity contribution in [2.24, 2.45) is 5.14 Å². The van der Waals surface area contributed by atoms with Crippen LogP contribution in [0.5, 0.6) is 0 Å². The highest BCUT2D eigenvalue weighted by Crippen LogP contribution is 2.13. The monoisotopic (exact) mass is 289 g/mol. The van der Waals surface area contributed by atoms with Gasteiger partial charge >= 0.3 is 0 Å². The van der Waals surface area contributed by atoms with Crippen LogP contribution in [0.1, 0.15) is 5.56 Å². The van der Waals surface area contributed by atoms with Crippen molar-refractivity contribution < 1.29 is 8.42 Å². The number of aromatic nitrogens is 4. The maximum atomic E-state index is 11.2. The Balaban J connectivity index is 1.92. The van der Waals surface area contributed by atoms with Crippen molar-refractivity contribution in [1.29, 1.82) is 0 Å². The molecule has 0 aliphatic rings. The summed E-state index contributed by atoms with van der Waals surface area (Å²) in [4.78, 5) is 12.4. The zero-order chi connectivity index (χ0) is 14.2. The average Bonchev–Trinajstić information content (AvgIpc) is 2.82. The molecule has 0 fully saturated rings. The molecule has 20 heavy (non-hydrogen) atoms.